The summed E-state index contributed by atoms with van der Waals surface area (Å²) in [6.07, 6.45) is 2.42. The van der Waals surface area contributed by atoms with Crippen molar-refractivity contribution in [1.29, 1.82) is 0 Å². The highest BCUT2D eigenvalue weighted by Crippen LogP contribution is 2.30. The van der Waals surface area contributed by atoms with Crippen LogP contribution in [-0.2, 0) is 4.74 Å². The number of ether oxygens (including phenoxy) is 1. The van der Waals surface area contributed by atoms with Crippen LogP contribution in [0, 0.1) is 5.92 Å². The number of rotatable bonds is 5. The Kier molecular flexibility index (Phi) is 4.88. The molecule has 0 bridgehead atoms. The third-order valence-corrected chi connectivity index (χ3v) is 4.91. The van der Waals surface area contributed by atoms with Crippen molar-refractivity contribution in [2.75, 3.05) is 31.2 Å². The number of aromatic nitrogens is 1. The standard InChI is InChI=1S/C17H22N2OS/c1-2-20-12-14-8-10-19(11-9-14)17-18-16(13-21-17)15-6-4-3-5-7-15/h3-7,13-14H,2,8-12H2,1H3. The summed E-state index contributed by atoms with van der Waals surface area (Å²) in [5, 5.41) is 3.32. The summed E-state index contributed by atoms with van der Waals surface area (Å²) in [7, 11) is 0. The van der Waals surface area contributed by atoms with E-state index >= 15 is 0 Å². The lowest BCUT2D eigenvalue weighted by atomic mass is 9.98. The Balaban J connectivity index is 1.60. The van der Waals surface area contributed by atoms with E-state index in [0.29, 0.717) is 0 Å². The second kappa shape index (κ2) is 7.05. The number of piperidine rings is 1. The summed E-state index contributed by atoms with van der Waals surface area (Å²) < 4.78 is 5.54. The number of hydrogen-bond donors (Lipinski definition) is 0. The molecule has 1 aliphatic rings. The van der Waals surface area contributed by atoms with E-state index < -0.39 is 0 Å². The Labute approximate surface area is 130 Å². The molecular weight excluding hydrogens is 280 g/mol. The zero-order valence-corrected chi connectivity index (χ0v) is 13.3. The Bertz CT molecular complexity index is 547. The largest absolute Gasteiger partial charge is 0.381 e. The second-order valence-corrected chi connectivity index (χ2v) is 6.31. The van der Waals surface area contributed by atoms with E-state index in [1.165, 1.54) is 18.4 Å². The van der Waals surface area contributed by atoms with Crippen LogP contribution in [0.25, 0.3) is 11.3 Å². The predicted molar refractivity (Wildman–Crippen MR) is 89.0 cm³/mol. The molecule has 0 radical (unpaired) electrons. The fraction of sp³-hybridized carbons (Fsp3) is 0.471. The van der Waals surface area contributed by atoms with E-state index in [-0.39, 0.29) is 0 Å². The molecule has 3 rings (SSSR count). The van der Waals surface area contributed by atoms with Crippen LogP contribution in [0.2, 0.25) is 0 Å². The molecule has 0 spiro atoms. The first-order chi connectivity index (χ1) is 10.4. The lowest BCUT2D eigenvalue weighted by molar-refractivity contribution is 0.100. The highest BCUT2D eigenvalue weighted by Gasteiger charge is 2.21. The van der Waals surface area contributed by atoms with Crippen LogP contribution < -0.4 is 4.90 Å². The maximum Gasteiger partial charge on any atom is 0.185 e. The van der Waals surface area contributed by atoms with E-state index in [4.69, 9.17) is 9.72 Å². The molecule has 0 unspecified atom stereocenters. The molecule has 1 aliphatic heterocycles. The minimum Gasteiger partial charge on any atom is -0.381 e. The molecule has 0 N–H and O–H groups in total. The predicted octanol–water partition coefficient (Wildman–Crippen LogP) is 4.06. The highest BCUT2D eigenvalue weighted by atomic mass is 32.1. The number of nitrogens with zero attached hydrogens (tertiary/aromatic N) is 2. The van der Waals surface area contributed by atoms with Crippen molar-refractivity contribution in [1.82, 2.24) is 4.98 Å². The molecule has 1 aromatic heterocycles. The van der Waals surface area contributed by atoms with Crippen LogP contribution in [-0.4, -0.2) is 31.3 Å². The molecule has 3 nitrogen and oxygen atoms in total. The van der Waals surface area contributed by atoms with Gasteiger partial charge in [-0.25, -0.2) is 4.98 Å². The fourth-order valence-corrected chi connectivity index (χ4v) is 3.61. The van der Waals surface area contributed by atoms with Gasteiger partial charge in [-0.3, -0.25) is 0 Å². The number of benzene rings is 1. The van der Waals surface area contributed by atoms with Crippen molar-refractivity contribution in [3.63, 3.8) is 0 Å². The van der Waals surface area contributed by atoms with Crippen molar-refractivity contribution < 1.29 is 4.74 Å². The first-order valence-electron chi connectivity index (χ1n) is 7.70. The van der Waals surface area contributed by atoms with Crippen molar-refractivity contribution in [2.45, 2.75) is 19.8 Å². The summed E-state index contributed by atoms with van der Waals surface area (Å²) in [4.78, 5) is 7.22. The van der Waals surface area contributed by atoms with E-state index in [1.54, 1.807) is 11.3 Å². The molecule has 2 heterocycles. The molecule has 0 atom stereocenters. The Morgan fingerprint density at radius 1 is 1.24 bits per heavy atom. The van der Waals surface area contributed by atoms with Crippen LogP contribution in [0.15, 0.2) is 35.7 Å². The molecule has 2 aromatic rings. The van der Waals surface area contributed by atoms with Gasteiger partial charge in [-0.1, -0.05) is 30.3 Å². The summed E-state index contributed by atoms with van der Waals surface area (Å²) in [6.45, 7) is 6.00. The number of hydrogen-bond acceptors (Lipinski definition) is 4. The lowest BCUT2D eigenvalue weighted by Crippen LogP contribution is -2.35. The summed E-state index contributed by atoms with van der Waals surface area (Å²) in [5.74, 6) is 0.717. The van der Waals surface area contributed by atoms with E-state index in [1.807, 2.05) is 6.07 Å². The van der Waals surface area contributed by atoms with Gasteiger partial charge in [0.25, 0.3) is 0 Å². The number of anilines is 1. The topological polar surface area (TPSA) is 25.4 Å². The van der Waals surface area contributed by atoms with Gasteiger partial charge in [-0.2, -0.15) is 0 Å². The molecule has 1 saturated heterocycles. The molecule has 1 fully saturated rings. The van der Waals surface area contributed by atoms with Gasteiger partial charge in [-0.05, 0) is 25.7 Å². The number of thiazole rings is 1. The molecule has 21 heavy (non-hydrogen) atoms. The van der Waals surface area contributed by atoms with Gasteiger partial charge in [0.2, 0.25) is 0 Å². The quantitative estimate of drug-likeness (QED) is 0.832. The Morgan fingerprint density at radius 3 is 2.71 bits per heavy atom. The minimum atomic E-state index is 0.717. The summed E-state index contributed by atoms with van der Waals surface area (Å²) in [5.41, 5.74) is 2.29. The first kappa shape index (κ1) is 14.5. The zero-order chi connectivity index (χ0) is 14.5. The third-order valence-electron chi connectivity index (χ3n) is 4.00. The van der Waals surface area contributed by atoms with Crippen LogP contribution >= 0.6 is 11.3 Å². The first-order valence-corrected chi connectivity index (χ1v) is 8.58. The molecule has 0 saturated carbocycles. The van der Waals surface area contributed by atoms with Gasteiger partial charge >= 0.3 is 0 Å². The van der Waals surface area contributed by atoms with E-state index in [2.05, 4.69) is 41.5 Å². The molecule has 4 heteroatoms. The van der Waals surface area contributed by atoms with E-state index in [9.17, 15) is 0 Å². The maximum atomic E-state index is 5.54. The smallest absolute Gasteiger partial charge is 0.185 e. The normalized spacial score (nSPS) is 16.3. The van der Waals surface area contributed by atoms with Gasteiger partial charge in [0.1, 0.15) is 0 Å². The van der Waals surface area contributed by atoms with Crippen LogP contribution in [0.1, 0.15) is 19.8 Å². The van der Waals surface area contributed by atoms with Gasteiger partial charge in [-0.15, -0.1) is 11.3 Å². The van der Waals surface area contributed by atoms with E-state index in [0.717, 1.165) is 43.0 Å². The fourth-order valence-electron chi connectivity index (χ4n) is 2.73. The van der Waals surface area contributed by atoms with Crippen LogP contribution in [0.4, 0.5) is 5.13 Å². The van der Waals surface area contributed by atoms with Gasteiger partial charge < -0.3 is 9.64 Å². The molecule has 0 aliphatic carbocycles. The molecule has 112 valence electrons. The van der Waals surface area contributed by atoms with Crippen molar-refractivity contribution in [2.24, 2.45) is 5.92 Å². The second-order valence-electron chi connectivity index (χ2n) is 5.47. The summed E-state index contributed by atoms with van der Waals surface area (Å²) >= 11 is 1.75. The van der Waals surface area contributed by atoms with Crippen molar-refractivity contribution in [3.8, 4) is 11.3 Å². The molecule has 1 aromatic carbocycles. The van der Waals surface area contributed by atoms with Crippen LogP contribution in [0.5, 0.6) is 0 Å². The van der Waals surface area contributed by atoms with Crippen molar-refractivity contribution in [3.05, 3.63) is 35.7 Å². The van der Waals surface area contributed by atoms with Gasteiger partial charge in [0.15, 0.2) is 5.13 Å². The highest BCUT2D eigenvalue weighted by molar-refractivity contribution is 7.14. The van der Waals surface area contributed by atoms with Crippen LogP contribution in [0.3, 0.4) is 0 Å². The monoisotopic (exact) mass is 302 g/mol. The van der Waals surface area contributed by atoms with Crippen molar-refractivity contribution >= 4 is 16.5 Å². The minimum absolute atomic E-state index is 0.717. The summed E-state index contributed by atoms with van der Waals surface area (Å²) in [6, 6.07) is 10.4. The Morgan fingerprint density at radius 2 is 2.00 bits per heavy atom. The van der Waals surface area contributed by atoms with Gasteiger partial charge in [0.05, 0.1) is 5.69 Å². The molecule has 0 amide bonds. The Hall–Kier alpha value is -1.39. The SMILES string of the molecule is CCOCC1CCN(c2nc(-c3ccccc3)cs2)CC1. The average Bonchev–Trinajstić information content (AvgIpc) is 3.04. The zero-order valence-electron chi connectivity index (χ0n) is 12.5. The molecular formula is C17H22N2OS. The van der Waals surface area contributed by atoms with Gasteiger partial charge in [0, 0.05) is 37.2 Å². The maximum absolute atomic E-state index is 5.54. The average molecular weight is 302 g/mol. The third kappa shape index (κ3) is 3.63. The lowest BCUT2D eigenvalue weighted by Gasteiger charge is -2.31.